The van der Waals surface area contributed by atoms with Gasteiger partial charge in [-0.25, -0.2) is 9.07 Å². The predicted octanol–water partition coefficient (Wildman–Crippen LogP) is 2.70. The number of halogens is 1. The molecule has 1 N–H and O–H groups in total. The highest BCUT2D eigenvalue weighted by molar-refractivity contribution is 5.93. The maximum Gasteiger partial charge on any atom is 0.273 e. The fourth-order valence-electron chi connectivity index (χ4n) is 2.62. The molecule has 26 heavy (non-hydrogen) atoms. The summed E-state index contributed by atoms with van der Waals surface area (Å²) in [5.41, 5.74) is 2.16. The molecule has 1 aromatic heterocycles. The number of hydrogen-bond donors (Lipinski definition) is 1. The first kappa shape index (κ1) is 17.6. The third kappa shape index (κ3) is 3.72. The van der Waals surface area contributed by atoms with E-state index < -0.39 is 0 Å². The zero-order chi connectivity index (χ0) is 18.5. The maximum atomic E-state index is 13.6. The minimum atomic E-state index is -0.340. The summed E-state index contributed by atoms with van der Waals surface area (Å²) >= 11 is 0. The summed E-state index contributed by atoms with van der Waals surface area (Å²) in [6.07, 6.45) is 0.404. The number of nitrogens with zero attached hydrogens (tertiary/aromatic N) is 3. The molecule has 0 saturated heterocycles. The van der Waals surface area contributed by atoms with E-state index in [9.17, 15) is 9.18 Å². The molecule has 0 fully saturated rings. The van der Waals surface area contributed by atoms with Gasteiger partial charge in [0.1, 0.15) is 11.6 Å². The van der Waals surface area contributed by atoms with Crippen molar-refractivity contribution in [3.8, 4) is 11.4 Å². The van der Waals surface area contributed by atoms with Crippen molar-refractivity contribution in [3.05, 3.63) is 71.3 Å². The number of carbonyl (C=O) groups is 1. The third-order valence-electron chi connectivity index (χ3n) is 4.05. The molecule has 1 amide bonds. The molecule has 0 saturated carbocycles. The highest BCUT2D eigenvalue weighted by Gasteiger charge is 2.17. The summed E-state index contributed by atoms with van der Waals surface area (Å²) in [7, 11) is 1.59. The van der Waals surface area contributed by atoms with Gasteiger partial charge < -0.3 is 10.1 Å². The van der Waals surface area contributed by atoms with Crippen molar-refractivity contribution < 1.29 is 13.9 Å². The second kappa shape index (κ2) is 7.77. The molecule has 3 rings (SSSR count). The topological polar surface area (TPSA) is 69.0 Å². The molecule has 6 nitrogen and oxygen atoms in total. The van der Waals surface area contributed by atoms with E-state index in [2.05, 4.69) is 15.6 Å². The Bertz CT molecular complexity index is 923. The van der Waals surface area contributed by atoms with Gasteiger partial charge in [0, 0.05) is 12.6 Å². The standard InChI is InChI=1S/C19H19FN4O2/c1-13-18(19(25)21-11-10-14-6-3-4-9-17(14)20)22-23-24(13)15-7-5-8-16(12-15)26-2/h3-9,12H,10-11H2,1-2H3,(H,21,25). The Labute approximate surface area is 150 Å². The quantitative estimate of drug-likeness (QED) is 0.739. The van der Waals surface area contributed by atoms with Gasteiger partial charge in [-0.15, -0.1) is 5.10 Å². The lowest BCUT2D eigenvalue weighted by molar-refractivity contribution is 0.0948. The van der Waals surface area contributed by atoms with Crippen molar-refractivity contribution >= 4 is 5.91 Å². The van der Waals surface area contributed by atoms with Crippen LogP contribution in [0.25, 0.3) is 5.69 Å². The Morgan fingerprint density at radius 2 is 2.04 bits per heavy atom. The number of methoxy groups -OCH3 is 1. The highest BCUT2D eigenvalue weighted by atomic mass is 19.1. The Hall–Kier alpha value is -3.22. The average molecular weight is 354 g/mol. The summed E-state index contributed by atoms with van der Waals surface area (Å²) < 4.78 is 20.4. The van der Waals surface area contributed by atoms with Crippen molar-refractivity contribution in [1.82, 2.24) is 20.3 Å². The van der Waals surface area contributed by atoms with E-state index in [0.717, 1.165) is 5.69 Å². The van der Waals surface area contributed by atoms with Gasteiger partial charge in [-0.3, -0.25) is 4.79 Å². The molecular weight excluding hydrogens is 335 g/mol. The number of nitrogens with one attached hydrogen (secondary N) is 1. The molecule has 0 radical (unpaired) electrons. The third-order valence-corrected chi connectivity index (χ3v) is 4.05. The van der Waals surface area contributed by atoms with Gasteiger partial charge in [0.25, 0.3) is 5.91 Å². The molecule has 2 aromatic carbocycles. The number of rotatable bonds is 6. The summed E-state index contributed by atoms with van der Waals surface area (Å²) in [5.74, 6) is 0.0724. The smallest absolute Gasteiger partial charge is 0.273 e. The molecule has 3 aromatic rings. The zero-order valence-electron chi connectivity index (χ0n) is 14.6. The number of aromatic nitrogens is 3. The fraction of sp³-hybridized carbons (Fsp3) is 0.211. The van der Waals surface area contributed by atoms with E-state index in [1.54, 1.807) is 36.9 Å². The lowest BCUT2D eigenvalue weighted by Crippen LogP contribution is -2.27. The first-order valence-corrected chi connectivity index (χ1v) is 8.18. The van der Waals surface area contributed by atoms with Crippen molar-refractivity contribution in [2.24, 2.45) is 0 Å². The Kier molecular flexibility index (Phi) is 5.26. The van der Waals surface area contributed by atoms with Crippen LogP contribution in [-0.4, -0.2) is 34.6 Å². The first-order valence-electron chi connectivity index (χ1n) is 8.18. The molecule has 0 unspecified atom stereocenters. The lowest BCUT2D eigenvalue weighted by Gasteiger charge is -2.07. The van der Waals surface area contributed by atoms with Gasteiger partial charge in [-0.2, -0.15) is 0 Å². The van der Waals surface area contributed by atoms with Crippen molar-refractivity contribution in [2.45, 2.75) is 13.3 Å². The number of carbonyl (C=O) groups excluding carboxylic acids is 1. The summed E-state index contributed by atoms with van der Waals surface area (Å²) in [5, 5.41) is 10.8. The number of ether oxygens (including phenoxy) is 1. The molecule has 0 spiro atoms. The number of benzene rings is 2. The largest absolute Gasteiger partial charge is 0.497 e. The van der Waals surface area contributed by atoms with Crippen LogP contribution in [0.5, 0.6) is 5.75 Å². The van der Waals surface area contributed by atoms with E-state index in [1.165, 1.54) is 6.07 Å². The van der Waals surface area contributed by atoms with E-state index in [0.29, 0.717) is 30.0 Å². The normalized spacial score (nSPS) is 10.6. The molecule has 7 heteroatoms. The molecule has 134 valence electrons. The van der Waals surface area contributed by atoms with E-state index in [4.69, 9.17) is 4.74 Å². The molecule has 0 aliphatic carbocycles. The van der Waals surface area contributed by atoms with E-state index in [1.807, 2.05) is 24.3 Å². The molecule has 1 heterocycles. The van der Waals surface area contributed by atoms with Crippen LogP contribution in [0.2, 0.25) is 0 Å². The average Bonchev–Trinajstić information content (AvgIpc) is 3.05. The summed E-state index contributed by atoms with van der Waals surface area (Å²) in [6.45, 7) is 2.08. The second-order valence-corrected chi connectivity index (χ2v) is 5.73. The van der Waals surface area contributed by atoms with E-state index in [-0.39, 0.29) is 17.4 Å². The minimum Gasteiger partial charge on any atom is -0.497 e. The molecule has 0 aliphatic heterocycles. The van der Waals surface area contributed by atoms with Gasteiger partial charge in [-0.1, -0.05) is 29.5 Å². The van der Waals surface area contributed by atoms with Gasteiger partial charge in [0.15, 0.2) is 5.69 Å². The van der Waals surface area contributed by atoms with Crippen LogP contribution in [0.3, 0.4) is 0 Å². The zero-order valence-corrected chi connectivity index (χ0v) is 14.6. The Balaban J connectivity index is 1.69. The summed E-state index contributed by atoms with van der Waals surface area (Å²) in [4.78, 5) is 12.4. The van der Waals surface area contributed by atoms with Crippen LogP contribution >= 0.6 is 0 Å². The first-order chi connectivity index (χ1) is 12.6. The van der Waals surface area contributed by atoms with Gasteiger partial charge >= 0.3 is 0 Å². The maximum absolute atomic E-state index is 13.6. The Morgan fingerprint density at radius 1 is 1.23 bits per heavy atom. The highest BCUT2D eigenvalue weighted by Crippen LogP contribution is 2.18. The molecule has 0 aliphatic rings. The van der Waals surface area contributed by atoms with Crippen LogP contribution in [0.4, 0.5) is 4.39 Å². The number of amides is 1. The SMILES string of the molecule is COc1cccc(-n2nnc(C(=O)NCCc3ccccc3F)c2C)c1. The van der Waals surface area contributed by atoms with Crippen molar-refractivity contribution in [1.29, 1.82) is 0 Å². The minimum absolute atomic E-state index is 0.237. The Morgan fingerprint density at radius 3 is 2.81 bits per heavy atom. The van der Waals surface area contributed by atoms with Crippen molar-refractivity contribution in [2.75, 3.05) is 13.7 Å². The molecular formula is C19H19FN4O2. The molecule has 0 bridgehead atoms. The van der Waals surface area contributed by atoms with Gasteiger partial charge in [0.2, 0.25) is 0 Å². The van der Waals surface area contributed by atoms with Gasteiger partial charge in [-0.05, 0) is 37.1 Å². The monoisotopic (exact) mass is 354 g/mol. The van der Waals surface area contributed by atoms with Gasteiger partial charge in [0.05, 0.1) is 18.5 Å². The predicted molar refractivity (Wildman–Crippen MR) is 95.1 cm³/mol. The molecule has 0 atom stereocenters. The fourth-order valence-corrected chi connectivity index (χ4v) is 2.62. The lowest BCUT2D eigenvalue weighted by atomic mass is 10.1. The second-order valence-electron chi connectivity index (χ2n) is 5.73. The van der Waals surface area contributed by atoms with E-state index >= 15 is 0 Å². The van der Waals surface area contributed by atoms with Crippen LogP contribution in [0.15, 0.2) is 48.5 Å². The van der Waals surface area contributed by atoms with Crippen LogP contribution < -0.4 is 10.1 Å². The van der Waals surface area contributed by atoms with Crippen LogP contribution in [-0.2, 0) is 6.42 Å². The van der Waals surface area contributed by atoms with Crippen molar-refractivity contribution in [3.63, 3.8) is 0 Å². The van der Waals surface area contributed by atoms with Crippen LogP contribution in [0.1, 0.15) is 21.7 Å². The summed E-state index contributed by atoms with van der Waals surface area (Å²) in [6, 6.07) is 13.8. The van der Waals surface area contributed by atoms with Crippen LogP contribution in [0, 0.1) is 12.7 Å². The number of hydrogen-bond acceptors (Lipinski definition) is 4.